The van der Waals surface area contributed by atoms with E-state index < -0.39 is 35.3 Å². The van der Waals surface area contributed by atoms with Gasteiger partial charge in [0.1, 0.15) is 17.3 Å². The van der Waals surface area contributed by atoms with E-state index in [9.17, 15) is 23.2 Å². The van der Waals surface area contributed by atoms with Crippen LogP contribution in [0.3, 0.4) is 0 Å². The molecule has 0 spiro atoms. The maximum atomic E-state index is 13.6. The summed E-state index contributed by atoms with van der Waals surface area (Å²) in [5.74, 6) is -3.91. The molecule has 2 N–H and O–H groups in total. The van der Waals surface area contributed by atoms with Crippen molar-refractivity contribution < 1.29 is 27.9 Å². The first kappa shape index (κ1) is 19.0. The zero-order chi connectivity index (χ0) is 19.3. The number of hydrogen-bond donors (Lipinski definition) is 2. The first-order chi connectivity index (χ1) is 12.3. The number of benzene rings is 2. The molecule has 0 heterocycles. The van der Waals surface area contributed by atoms with Crippen LogP contribution >= 0.6 is 0 Å². The number of carbonyl (C=O) groups is 3. The number of ether oxygens (including phenoxy) is 1. The number of halogens is 2. The van der Waals surface area contributed by atoms with Gasteiger partial charge in [0, 0.05) is 12.6 Å². The second-order valence-corrected chi connectivity index (χ2v) is 5.40. The average molecular weight is 362 g/mol. The average Bonchev–Trinajstić information content (AvgIpc) is 2.57. The number of hydrogen-bond acceptors (Lipinski definition) is 4. The van der Waals surface area contributed by atoms with Crippen LogP contribution in [0.4, 0.5) is 20.2 Å². The highest BCUT2D eigenvalue weighted by Crippen LogP contribution is 2.19. The lowest BCUT2D eigenvalue weighted by atomic mass is 10.2. The Kier molecular flexibility index (Phi) is 6.00. The lowest BCUT2D eigenvalue weighted by Crippen LogP contribution is -2.30. The van der Waals surface area contributed by atoms with Gasteiger partial charge in [0.15, 0.2) is 6.10 Å². The Balaban J connectivity index is 2.04. The Morgan fingerprint density at radius 3 is 2.23 bits per heavy atom. The maximum Gasteiger partial charge on any atom is 0.338 e. The van der Waals surface area contributed by atoms with Gasteiger partial charge < -0.3 is 15.4 Å². The van der Waals surface area contributed by atoms with Crippen LogP contribution in [0.2, 0.25) is 0 Å². The molecule has 2 aromatic carbocycles. The summed E-state index contributed by atoms with van der Waals surface area (Å²) < 4.78 is 32.1. The molecule has 0 aliphatic carbocycles. The van der Waals surface area contributed by atoms with Crippen molar-refractivity contribution in [1.82, 2.24) is 0 Å². The van der Waals surface area contributed by atoms with Crippen molar-refractivity contribution in [2.45, 2.75) is 20.0 Å². The monoisotopic (exact) mass is 362 g/mol. The van der Waals surface area contributed by atoms with Crippen LogP contribution in [0.15, 0.2) is 42.5 Å². The molecule has 136 valence electrons. The van der Waals surface area contributed by atoms with Crippen LogP contribution < -0.4 is 10.6 Å². The van der Waals surface area contributed by atoms with E-state index in [1.165, 1.54) is 32.0 Å². The topological polar surface area (TPSA) is 84.5 Å². The molecule has 1 atom stereocenters. The van der Waals surface area contributed by atoms with E-state index in [0.29, 0.717) is 5.69 Å². The Morgan fingerprint density at radius 1 is 1.00 bits per heavy atom. The van der Waals surface area contributed by atoms with Gasteiger partial charge in [0.25, 0.3) is 5.91 Å². The van der Waals surface area contributed by atoms with Crippen molar-refractivity contribution in [3.63, 3.8) is 0 Å². The molecule has 0 saturated heterocycles. The SMILES string of the molecule is CC(=O)Nc1cccc(C(=O)OC(C)C(=O)Nc2c(F)cccc2F)c1. The Morgan fingerprint density at radius 2 is 1.62 bits per heavy atom. The molecule has 8 heteroatoms. The Bertz CT molecular complexity index is 835. The molecule has 0 aliphatic rings. The Labute approximate surface area is 148 Å². The normalized spacial score (nSPS) is 11.4. The summed E-state index contributed by atoms with van der Waals surface area (Å²) >= 11 is 0. The highest BCUT2D eigenvalue weighted by molar-refractivity contribution is 5.98. The smallest absolute Gasteiger partial charge is 0.338 e. The van der Waals surface area contributed by atoms with E-state index in [1.807, 2.05) is 5.32 Å². The van der Waals surface area contributed by atoms with Gasteiger partial charge in [-0.2, -0.15) is 0 Å². The number of carbonyl (C=O) groups excluding carboxylic acids is 3. The van der Waals surface area contributed by atoms with E-state index >= 15 is 0 Å². The first-order valence-corrected chi connectivity index (χ1v) is 7.61. The van der Waals surface area contributed by atoms with Gasteiger partial charge in [-0.25, -0.2) is 13.6 Å². The molecule has 6 nitrogen and oxygen atoms in total. The molecule has 2 amide bonds. The number of amides is 2. The van der Waals surface area contributed by atoms with Crippen molar-refractivity contribution >= 4 is 29.2 Å². The highest BCUT2D eigenvalue weighted by Gasteiger charge is 2.21. The molecule has 1 unspecified atom stereocenters. The quantitative estimate of drug-likeness (QED) is 0.801. The minimum absolute atomic E-state index is 0.105. The molecular weight excluding hydrogens is 346 g/mol. The molecule has 0 fully saturated rings. The van der Waals surface area contributed by atoms with Gasteiger partial charge in [-0.05, 0) is 37.3 Å². The maximum absolute atomic E-state index is 13.6. The third kappa shape index (κ3) is 4.85. The van der Waals surface area contributed by atoms with Crippen molar-refractivity contribution in [2.75, 3.05) is 10.6 Å². The van der Waals surface area contributed by atoms with Crippen LogP contribution in [0, 0.1) is 11.6 Å². The number of esters is 1. The molecule has 0 radical (unpaired) electrons. The summed E-state index contributed by atoms with van der Waals surface area (Å²) in [5.41, 5.74) is -0.126. The predicted octanol–water partition coefficient (Wildman–Crippen LogP) is 3.11. The number of anilines is 2. The van der Waals surface area contributed by atoms with Crippen molar-refractivity contribution in [1.29, 1.82) is 0 Å². The van der Waals surface area contributed by atoms with E-state index in [4.69, 9.17) is 4.74 Å². The predicted molar refractivity (Wildman–Crippen MR) is 90.6 cm³/mol. The summed E-state index contributed by atoms with van der Waals surface area (Å²) in [6.45, 7) is 2.59. The molecule has 2 aromatic rings. The molecular formula is C18H16F2N2O4. The van der Waals surface area contributed by atoms with E-state index in [-0.39, 0.29) is 11.5 Å². The number of nitrogens with one attached hydrogen (secondary N) is 2. The van der Waals surface area contributed by atoms with Crippen LogP contribution in [0.25, 0.3) is 0 Å². The highest BCUT2D eigenvalue weighted by atomic mass is 19.1. The third-order valence-corrected chi connectivity index (χ3v) is 3.28. The Hall–Kier alpha value is -3.29. The second kappa shape index (κ2) is 8.19. The number of rotatable bonds is 5. The van der Waals surface area contributed by atoms with E-state index in [1.54, 1.807) is 6.07 Å². The largest absolute Gasteiger partial charge is 0.449 e. The van der Waals surface area contributed by atoms with Gasteiger partial charge in [-0.1, -0.05) is 12.1 Å². The third-order valence-electron chi connectivity index (χ3n) is 3.28. The van der Waals surface area contributed by atoms with Gasteiger partial charge >= 0.3 is 5.97 Å². The van der Waals surface area contributed by atoms with Gasteiger partial charge in [0.05, 0.1) is 5.56 Å². The lowest BCUT2D eigenvalue weighted by Gasteiger charge is -2.14. The summed E-state index contributed by atoms with van der Waals surface area (Å²) in [6, 6.07) is 9.06. The van der Waals surface area contributed by atoms with Gasteiger partial charge in [-0.3, -0.25) is 9.59 Å². The summed E-state index contributed by atoms with van der Waals surface area (Å²) in [5, 5.41) is 4.56. The van der Waals surface area contributed by atoms with Crippen molar-refractivity contribution in [3.8, 4) is 0 Å². The summed E-state index contributed by atoms with van der Waals surface area (Å²) in [6.07, 6.45) is -1.30. The first-order valence-electron chi connectivity index (χ1n) is 7.61. The summed E-state index contributed by atoms with van der Waals surface area (Å²) in [4.78, 5) is 35.2. The van der Waals surface area contributed by atoms with E-state index in [2.05, 4.69) is 5.32 Å². The van der Waals surface area contributed by atoms with Crippen LogP contribution in [0.5, 0.6) is 0 Å². The zero-order valence-corrected chi connectivity index (χ0v) is 14.0. The molecule has 0 saturated carbocycles. The van der Waals surface area contributed by atoms with Crippen molar-refractivity contribution in [2.24, 2.45) is 0 Å². The minimum atomic E-state index is -1.30. The second-order valence-electron chi connectivity index (χ2n) is 5.40. The van der Waals surface area contributed by atoms with Crippen LogP contribution in [0.1, 0.15) is 24.2 Å². The van der Waals surface area contributed by atoms with Gasteiger partial charge in [0.2, 0.25) is 5.91 Å². The fourth-order valence-corrected chi connectivity index (χ4v) is 2.05. The summed E-state index contributed by atoms with van der Waals surface area (Å²) in [7, 11) is 0. The zero-order valence-electron chi connectivity index (χ0n) is 14.0. The standard InChI is InChI=1S/C18H16F2N2O4/c1-10(17(24)22-16-14(19)7-4-8-15(16)20)26-18(25)12-5-3-6-13(9-12)21-11(2)23/h3-10H,1-2H3,(H,21,23)(H,22,24). The fourth-order valence-electron chi connectivity index (χ4n) is 2.05. The molecule has 0 aromatic heterocycles. The fraction of sp³-hybridized carbons (Fsp3) is 0.167. The van der Waals surface area contributed by atoms with E-state index in [0.717, 1.165) is 18.2 Å². The molecule has 26 heavy (non-hydrogen) atoms. The van der Waals surface area contributed by atoms with Gasteiger partial charge in [-0.15, -0.1) is 0 Å². The van der Waals surface area contributed by atoms with Crippen LogP contribution in [-0.4, -0.2) is 23.9 Å². The number of para-hydroxylation sites is 1. The van der Waals surface area contributed by atoms with Crippen molar-refractivity contribution in [3.05, 3.63) is 59.7 Å². The minimum Gasteiger partial charge on any atom is -0.449 e. The lowest BCUT2D eigenvalue weighted by molar-refractivity contribution is -0.123. The van der Waals surface area contributed by atoms with Crippen LogP contribution in [-0.2, 0) is 14.3 Å². The molecule has 0 bridgehead atoms. The molecule has 2 rings (SSSR count). The molecule has 0 aliphatic heterocycles.